The number of nitrogens with one attached hydrogen (secondary N) is 1. The normalized spacial score (nSPS) is 14.6. The minimum atomic E-state index is -4.57. The highest BCUT2D eigenvalue weighted by Gasteiger charge is 2.31. The van der Waals surface area contributed by atoms with Gasteiger partial charge in [-0.2, -0.15) is 8.42 Å². The smallest absolute Gasteiger partial charge is 0.411 e. The topological polar surface area (TPSA) is 106 Å². The molecule has 0 atom stereocenters. The number of pyridine rings is 1. The van der Waals surface area contributed by atoms with E-state index < -0.39 is 27.9 Å². The molecule has 0 radical (unpaired) electrons. The van der Waals surface area contributed by atoms with Crippen molar-refractivity contribution in [3.05, 3.63) is 57.6 Å². The number of nitrogens with zero attached hydrogens (tertiary/aromatic N) is 3. The molecular weight excluding hydrogens is 450 g/mol. The molecule has 3 rings (SSSR count). The number of hydrogen-bond acceptors (Lipinski definition) is 6. The maximum atomic E-state index is 13.5. The van der Waals surface area contributed by atoms with Crippen LogP contribution in [0.15, 0.2) is 36.5 Å². The summed E-state index contributed by atoms with van der Waals surface area (Å²) < 4.78 is 44.3. The second kappa shape index (κ2) is 8.47. The Balaban J connectivity index is 1.61. The number of halogens is 3. The highest BCUT2D eigenvalue weighted by molar-refractivity contribution is 7.85. The molecule has 13 heteroatoms. The summed E-state index contributed by atoms with van der Waals surface area (Å²) in [7, 11) is -4.57. The van der Waals surface area contributed by atoms with Crippen LogP contribution in [0.4, 0.5) is 15.0 Å². The number of amides is 2. The molecule has 1 aromatic heterocycles. The second-order valence-electron chi connectivity index (χ2n) is 6.00. The predicted octanol–water partition coefficient (Wildman–Crippen LogP) is 1.92. The lowest BCUT2D eigenvalue weighted by atomic mass is 10.3. The molecule has 0 saturated carbocycles. The van der Waals surface area contributed by atoms with Crippen LogP contribution in [0.2, 0.25) is 10.0 Å². The number of para-hydroxylation sites is 1. The van der Waals surface area contributed by atoms with Crippen molar-refractivity contribution in [3.63, 3.8) is 0 Å². The fraction of sp³-hybridized carbons (Fsp3) is 0.250. The van der Waals surface area contributed by atoms with E-state index in [-0.39, 0.29) is 42.0 Å². The molecule has 1 N–H and O–H groups in total. The summed E-state index contributed by atoms with van der Waals surface area (Å²) in [5, 5.41) is 12.4. The van der Waals surface area contributed by atoms with Crippen molar-refractivity contribution >= 4 is 45.4 Å². The van der Waals surface area contributed by atoms with Gasteiger partial charge in [0.2, 0.25) is 0 Å². The van der Waals surface area contributed by atoms with Gasteiger partial charge in [0.1, 0.15) is 24.3 Å². The zero-order valence-electron chi connectivity index (χ0n) is 14.7. The number of piperazine rings is 1. The summed E-state index contributed by atoms with van der Waals surface area (Å²) in [6, 6.07) is 5.39. The second-order valence-corrected chi connectivity index (χ2v) is 8.13. The van der Waals surface area contributed by atoms with E-state index in [1.54, 1.807) is 9.62 Å². The van der Waals surface area contributed by atoms with E-state index in [1.807, 2.05) is 0 Å². The summed E-state index contributed by atoms with van der Waals surface area (Å²) in [5.74, 6) is -1.23. The molecule has 0 unspecified atom stereocenters. The molecule has 1 fully saturated rings. The van der Waals surface area contributed by atoms with Crippen LogP contribution < -0.4 is 18.5 Å². The number of urea groups is 1. The Kier molecular flexibility index (Phi) is 6.20. The third-order valence-electron chi connectivity index (χ3n) is 4.04. The molecular formula is C16H15Cl2FN4O5S. The first-order valence-corrected chi connectivity index (χ1v) is 10.4. The van der Waals surface area contributed by atoms with Crippen LogP contribution >= 0.6 is 23.2 Å². The van der Waals surface area contributed by atoms with E-state index in [2.05, 4.69) is 4.18 Å². The van der Waals surface area contributed by atoms with Crippen LogP contribution in [0.1, 0.15) is 0 Å². The van der Waals surface area contributed by atoms with E-state index >= 15 is 0 Å². The summed E-state index contributed by atoms with van der Waals surface area (Å²) in [6.07, 6.45) is 1.16. The summed E-state index contributed by atoms with van der Waals surface area (Å²) in [5.41, 5.74) is 0. The van der Waals surface area contributed by atoms with E-state index in [4.69, 9.17) is 23.2 Å². The van der Waals surface area contributed by atoms with Gasteiger partial charge >= 0.3 is 16.3 Å². The van der Waals surface area contributed by atoms with Gasteiger partial charge in [-0.15, -0.1) is 0 Å². The van der Waals surface area contributed by atoms with Gasteiger partial charge in [0.25, 0.3) is 5.82 Å². The molecule has 1 saturated heterocycles. The molecule has 2 amide bonds. The molecule has 2 heterocycles. The lowest BCUT2D eigenvalue weighted by Gasteiger charge is -2.32. The summed E-state index contributed by atoms with van der Waals surface area (Å²) in [4.78, 5) is 15.1. The van der Waals surface area contributed by atoms with Gasteiger partial charge < -0.3 is 14.3 Å². The number of carbonyl (C=O) groups is 1. The first kappa shape index (κ1) is 21.2. The summed E-state index contributed by atoms with van der Waals surface area (Å²) >= 11 is 11.9. The lowest BCUT2D eigenvalue weighted by molar-refractivity contribution is -0.592. The standard InChI is InChI=1S/C16H15Cl2FN4O5S/c17-11-9-12(18)15(23(25)10-11)21-5-7-22(8-6-21)16(24)20-29(26,27)28-14-4-2-1-3-13(14)19/h1-4,9-10H,5-8H2,(H,20,24). The number of aromatic nitrogens is 1. The van der Waals surface area contributed by atoms with Crippen molar-refractivity contribution in [2.45, 2.75) is 0 Å². The van der Waals surface area contributed by atoms with Crippen LogP contribution in [0.25, 0.3) is 0 Å². The number of rotatable bonds is 4. The lowest BCUT2D eigenvalue weighted by Crippen LogP contribution is -2.55. The highest BCUT2D eigenvalue weighted by Crippen LogP contribution is 2.25. The Hall–Kier alpha value is -2.50. The quantitative estimate of drug-likeness (QED) is 0.547. The molecule has 29 heavy (non-hydrogen) atoms. The van der Waals surface area contributed by atoms with E-state index in [1.165, 1.54) is 23.1 Å². The molecule has 9 nitrogen and oxygen atoms in total. The van der Waals surface area contributed by atoms with E-state index in [0.29, 0.717) is 4.73 Å². The SMILES string of the molecule is O=C(NS(=O)(=O)Oc1ccccc1F)N1CCN(c2c(Cl)cc(Cl)c[n+]2[O-])CC1. The van der Waals surface area contributed by atoms with Gasteiger partial charge in [0.05, 0.1) is 18.1 Å². The fourth-order valence-corrected chi connectivity index (χ4v) is 4.07. The number of carbonyl (C=O) groups excluding carboxylic acids is 1. The molecule has 0 bridgehead atoms. The molecule has 1 aliphatic rings. The monoisotopic (exact) mass is 464 g/mol. The fourth-order valence-electron chi connectivity index (χ4n) is 2.74. The zero-order valence-corrected chi connectivity index (χ0v) is 17.0. The summed E-state index contributed by atoms with van der Waals surface area (Å²) in [6.45, 7) is 0.677. The largest absolute Gasteiger partial charge is 0.711 e. The first-order valence-electron chi connectivity index (χ1n) is 8.25. The average molecular weight is 465 g/mol. The van der Waals surface area contributed by atoms with Crippen LogP contribution in [0.5, 0.6) is 5.75 Å². The highest BCUT2D eigenvalue weighted by atomic mass is 35.5. The van der Waals surface area contributed by atoms with E-state index in [9.17, 15) is 22.8 Å². The molecule has 2 aromatic rings. The van der Waals surface area contributed by atoms with Crippen molar-refractivity contribution < 1.29 is 26.5 Å². The van der Waals surface area contributed by atoms with Gasteiger partial charge in [-0.25, -0.2) is 18.6 Å². The molecule has 1 aliphatic heterocycles. The van der Waals surface area contributed by atoms with Crippen molar-refractivity contribution in [1.82, 2.24) is 9.62 Å². The van der Waals surface area contributed by atoms with Crippen LogP contribution in [0.3, 0.4) is 0 Å². The minimum Gasteiger partial charge on any atom is -0.711 e. The Morgan fingerprint density at radius 2 is 1.86 bits per heavy atom. The molecule has 1 aromatic carbocycles. The zero-order chi connectivity index (χ0) is 21.2. The van der Waals surface area contributed by atoms with Crippen molar-refractivity contribution in [2.75, 3.05) is 31.1 Å². The van der Waals surface area contributed by atoms with Crippen LogP contribution in [-0.4, -0.2) is 45.5 Å². The Morgan fingerprint density at radius 3 is 2.48 bits per heavy atom. The van der Waals surface area contributed by atoms with Gasteiger partial charge in [-0.1, -0.05) is 35.3 Å². The maximum Gasteiger partial charge on any atom is 0.411 e. The van der Waals surface area contributed by atoms with Gasteiger partial charge in [0.15, 0.2) is 11.6 Å². The van der Waals surface area contributed by atoms with Gasteiger partial charge in [-0.3, -0.25) is 4.90 Å². The Bertz CT molecular complexity index is 1010. The maximum absolute atomic E-state index is 13.5. The minimum absolute atomic E-state index is 0.111. The van der Waals surface area contributed by atoms with Gasteiger partial charge in [-0.05, 0) is 18.2 Å². The molecule has 0 aliphatic carbocycles. The third kappa shape index (κ3) is 5.11. The first-order chi connectivity index (χ1) is 13.7. The Morgan fingerprint density at radius 1 is 1.21 bits per heavy atom. The average Bonchev–Trinajstić information content (AvgIpc) is 2.63. The van der Waals surface area contributed by atoms with Crippen LogP contribution in [0, 0.1) is 11.0 Å². The van der Waals surface area contributed by atoms with Gasteiger partial charge in [0, 0.05) is 0 Å². The Labute approximate surface area is 176 Å². The molecule has 156 valence electrons. The van der Waals surface area contributed by atoms with Crippen molar-refractivity contribution in [1.29, 1.82) is 0 Å². The van der Waals surface area contributed by atoms with Crippen molar-refractivity contribution in [2.24, 2.45) is 0 Å². The number of hydrogen-bond donors (Lipinski definition) is 1. The third-order valence-corrected chi connectivity index (χ3v) is 5.35. The van der Waals surface area contributed by atoms with Crippen molar-refractivity contribution in [3.8, 4) is 5.75 Å². The van der Waals surface area contributed by atoms with Crippen LogP contribution in [-0.2, 0) is 10.3 Å². The van der Waals surface area contributed by atoms with E-state index in [0.717, 1.165) is 18.3 Å². The number of anilines is 1. The predicted molar refractivity (Wildman–Crippen MR) is 104 cm³/mol. The molecule has 0 spiro atoms. The number of benzene rings is 1.